The first kappa shape index (κ1) is 9.80. The maximum atomic E-state index is 5.23. The van der Waals surface area contributed by atoms with Crippen LogP contribution in [-0.2, 0) is 0 Å². The van der Waals surface area contributed by atoms with Gasteiger partial charge in [-0.2, -0.15) is 4.98 Å². The Balaban J connectivity index is 1.87. The molecule has 1 saturated heterocycles. The van der Waals surface area contributed by atoms with Crippen molar-refractivity contribution < 1.29 is 4.52 Å². The Kier molecular flexibility index (Phi) is 2.59. The molecular formula is C10H10N4OS. The molecule has 0 bridgehead atoms. The van der Waals surface area contributed by atoms with E-state index in [1.165, 1.54) is 0 Å². The molecule has 1 aliphatic rings. The molecule has 0 aromatic carbocycles. The van der Waals surface area contributed by atoms with Crippen LogP contribution in [0.1, 0.15) is 11.9 Å². The molecule has 0 amide bonds. The van der Waals surface area contributed by atoms with Crippen molar-refractivity contribution in [2.24, 2.45) is 0 Å². The summed E-state index contributed by atoms with van der Waals surface area (Å²) in [6.45, 7) is 0. The molecule has 0 aliphatic carbocycles. The monoisotopic (exact) mass is 234 g/mol. The van der Waals surface area contributed by atoms with Crippen LogP contribution in [0.5, 0.6) is 0 Å². The molecule has 16 heavy (non-hydrogen) atoms. The minimum Gasteiger partial charge on any atom is -0.337 e. The van der Waals surface area contributed by atoms with E-state index in [1.54, 1.807) is 6.20 Å². The molecule has 6 heteroatoms. The van der Waals surface area contributed by atoms with Gasteiger partial charge in [0.1, 0.15) is 5.69 Å². The Bertz CT molecular complexity index is 467. The second kappa shape index (κ2) is 4.23. The van der Waals surface area contributed by atoms with Gasteiger partial charge >= 0.3 is 0 Å². The molecule has 82 valence electrons. The van der Waals surface area contributed by atoms with Crippen molar-refractivity contribution in [3.8, 4) is 11.5 Å². The van der Waals surface area contributed by atoms with Gasteiger partial charge in [0, 0.05) is 17.8 Å². The first-order valence-corrected chi connectivity index (χ1v) is 6.15. The van der Waals surface area contributed by atoms with Crippen LogP contribution < -0.4 is 5.32 Å². The van der Waals surface area contributed by atoms with E-state index in [1.807, 2.05) is 30.0 Å². The fraction of sp³-hybridized carbons (Fsp3) is 0.300. The van der Waals surface area contributed by atoms with Crippen molar-refractivity contribution in [3.05, 3.63) is 30.3 Å². The summed E-state index contributed by atoms with van der Waals surface area (Å²) >= 11 is 1.83. The molecule has 1 N–H and O–H groups in total. The zero-order valence-electron chi connectivity index (χ0n) is 8.46. The predicted molar refractivity (Wildman–Crippen MR) is 60.7 cm³/mol. The van der Waals surface area contributed by atoms with Gasteiger partial charge in [-0.05, 0) is 12.1 Å². The maximum Gasteiger partial charge on any atom is 0.245 e. The zero-order chi connectivity index (χ0) is 10.8. The maximum absolute atomic E-state index is 5.23. The second-order valence-corrected chi connectivity index (χ2v) is 4.47. The molecule has 0 saturated carbocycles. The van der Waals surface area contributed by atoms with Crippen LogP contribution >= 0.6 is 11.8 Å². The lowest BCUT2D eigenvalue weighted by atomic mass is 10.3. The first-order chi connectivity index (χ1) is 7.93. The minimum atomic E-state index is 0.176. The first-order valence-electron chi connectivity index (χ1n) is 4.99. The quantitative estimate of drug-likeness (QED) is 0.848. The van der Waals surface area contributed by atoms with Crippen molar-refractivity contribution >= 4 is 11.8 Å². The highest BCUT2D eigenvalue weighted by Crippen LogP contribution is 2.24. The molecule has 1 aliphatic heterocycles. The van der Waals surface area contributed by atoms with E-state index in [0.29, 0.717) is 11.7 Å². The predicted octanol–water partition coefficient (Wildman–Crippen LogP) is 1.47. The average Bonchev–Trinajstić information content (AvgIpc) is 3.01. The fourth-order valence-electron chi connectivity index (χ4n) is 1.53. The summed E-state index contributed by atoms with van der Waals surface area (Å²) in [4.78, 5) is 8.52. The third-order valence-corrected chi connectivity index (χ3v) is 3.29. The third kappa shape index (κ3) is 1.81. The summed E-state index contributed by atoms with van der Waals surface area (Å²) in [5, 5.41) is 7.22. The van der Waals surface area contributed by atoms with Crippen molar-refractivity contribution in [2.45, 2.75) is 6.04 Å². The van der Waals surface area contributed by atoms with E-state index in [-0.39, 0.29) is 6.04 Å². The van der Waals surface area contributed by atoms with Crippen molar-refractivity contribution in [3.63, 3.8) is 0 Å². The lowest BCUT2D eigenvalue weighted by Crippen LogP contribution is -2.14. The van der Waals surface area contributed by atoms with Crippen LogP contribution in [-0.4, -0.2) is 26.8 Å². The fourth-order valence-corrected chi connectivity index (χ4v) is 2.46. The summed E-state index contributed by atoms with van der Waals surface area (Å²) in [7, 11) is 0. The van der Waals surface area contributed by atoms with Crippen molar-refractivity contribution in [1.82, 2.24) is 20.4 Å². The smallest absolute Gasteiger partial charge is 0.245 e. The summed E-state index contributed by atoms with van der Waals surface area (Å²) in [5.74, 6) is 3.11. The second-order valence-electron chi connectivity index (χ2n) is 3.44. The Morgan fingerprint density at radius 2 is 2.44 bits per heavy atom. The largest absolute Gasteiger partial charge is 0.337 e. The summed E-state index contributed by atoms with van der Waals surface area (Å²) in [5.41, 5.74) is 0.739. The van der Waals surface area contributed by atoms with E-state index < -0.39 is 0 Å². The minimum absolute atomic E-state index is 0.176. The molecule has 2 aromatic rings. The van der Waals surface area contributed by atoms with Gasteiger partial charge in [0.05, 0.1) is 6.04 Å². The molecule has 1 atom stereocenters. The van der Waals surface area contributed by atoms with Gasteiger partial charge in [0.15, 0.2) is 0 Å². The molecule has 3 rings (SSSR count). The Morgan fingerprint density at radius 3 is 3.19 bits per heavy atom. The van der Waals surface area contributed by atoms with Crippen LogP contribution in [0.25, 0.3) is 11.5 Å². The summed E-state index contributed by atoms with van der Waals surface area (Å²) in [6.07, 6.45) is 1.72. The van der Waals surface area contributed by atoms with Gasteiger partial charge in [-0.3, -0.25) is 10.3 Å². The molecule has 5 nitrogen and oxygen atoms in total. The van der Waals surface area contributed by atoms with Crippen LogP contribution in [0.2, 0.25) is 0 Å². The van der Waals surface area contributed by atoms with E-state index in [0.717, 1.165) is 17.3 Å². The van der Waals surface area contributed by atoms with Crippen LogP contribution in [0.4, 0.5) is 0 Å². The number of rotatable bonds is 2. The number of hydrogen-bond donors (Lipinski definition) is 1. The zero-order valence-corrected chi connectivity index (χ0v) is 9.28. The van der Waals surface area contributed by atoms with Gasteiger partial charge < -0.3 is 4.52 Å². The van der Waals surface area contributed by atoms with Crippen molar-refractivity contribution in [1.29, 1.82) is 0 Å². The van der Waals surface area contributed by atoms with Crippen LogP contribution in [0.3, 0.4) is 0 Å². The molecular weight excluding hydrogens is 224 g/mol. The molecule has 3 heterocycles. The Labute approximate surface area is 96.7 Å². The number of nitrogens with zero attached hydrogens (tertiary/aromatic N) is 3. The Hall–Kier alpha value is -1.40. The molecule has 0 spiro atoms. The molecule has 1 unspecified atom stereocenters. The van der Waals surface area contributed by atoms with Gasteiger partial charge in [0.25, 0.3) is 0 Å². The lowest BCUT2D eigenvalue weighted by molar-refractivity contribution is 0.351. The average molecular weight is 234 g/mol. The van der Waals surface area contributed by atoms with E-state index in [4.69, 9.17) is 4.52 Å². The third-order valence-electron chi connectivity index (χ3n) is 2.35. The van der Waals surface area contributed by atoms with Crippen molar-refractivity contribution in [2.75, 3.05) is 11.6 Å². The van der Waals surface area contributed by atoms with Gasteiger partial charge in [-0.25, -0.2) is 0 Å². The molecule has 0 radical (unpaired) electrons. The molecule has 2 aromatic heterocycles. The number of pyridine rings is 1. The van der Waals surface area contributed by atoms with E-state index in [9.17, 15) is 0 Å². The topological polar surface area (TPSA) is 63.8 Å². The highest BCUT2D eigenvalue weighted by molar-refractivity contribution is 7.99. The van der Waals surface area contributed by atoms with Crippen LogP contribution in [0.15, 0.2) is 28.9 Å². The lowest BCUT2D eigenvalue weighted by Gasteiger charge is -2.00. The van der Waals surface area contributed by atoms with Gasteiger partial charge in [-0.1, -0.05) is 11.2 Å². The number of hydrogen-bond acceptors (Lipinski definition) is 6. The number of nitrogens with one attached hydrogen (secondary N) is 1. The van der Waals surface area contributed by atoms with Gasteiger partial charge in [-0.15, -0.1) is 11.8 Å². The van der Waals surface area contributed by atoms with Gasteiger partial charge in [0.2, 0.25) is 11.7 Å². The van der Waals surface area contributed by atoms with E-state index in [2.05, 4.69) is 20.4 Å². The normalized spacial score (nSPS) is 20.1. The Morgan fingerprint density at radius 1 is 1.44 bits per heavy atom. The number of thioether (sulfide) groups is 1. The van der Waals surface area contributed by atoms with Crippen LogP contribution in [0, 0.1) is 0 Å². The number of aromatic nitrogens is 3. The molecule has 1 fully saturated rings. The van der Waals surface area contributed by atoms with E-state index >= 15 is 0 Å². The standard InChI is InChI=1S/C10H10N4OS/c1-2-4-11-7(3-1)9-13-10(15-14-9)8-5-16-6-12-8/h1-4,8,12H,5-6H2. The highest BCUT2D eigenvalue weighted by Gasteiger charge is 2.23. The summed E-state index contributed by atoms with van der Waals surface area (Å²) in [6, 6.07) is 5.81. The highest BCUT2D eigenvalue weighted by atomic mass is 32.2. The summed E-state index contributed by atoms with van der Waals surface area (Å²) < 4.78 is 5.23. The SMILES string of the molecule is c1ccc(-c2noc(C3CSCN3)n2)nc1.